The van der Waals surface area contributed by atoms with Crippen LogP contribution in [0.2, 0.25) is 0 Å². The van der Waals surface area contributed by atoms with Crippen molar-refractivity contribution >= 4 is 23.2 Å². The van der Waals surface area contributed by atoms with Crippen molar-refractivity contribution in [2.24, 2.45) is 0 Å². The molecule has 0 saturated carbocycles. The van der Waals surface area contributed by atoms with Crippen LogP contribution in [0.4, 0.5) is 5.82 Å². The highest BCUT2D eigenvalue weighted by Gasteiger charge is 2.22. The van der Waals surface area contributed by atoms with Crippen molar-refractivity contribution in [3.8, 4) is 11.5 Å². The van der Waals surface area contributed by atoms with E-state index in [1.54, 1.807) is 7.11 Å². The second-order valence-electron chi connectivity index (χ2n) is 7.92. The van der Waals surface area contributed by atoms with Gasteiger partial charge in [0.15, 0.2) is 11.5 Å². The quantitative estimate of drug-likeness (QED) is 0.427. The van der Waals surface area contributed by atoms with Crippen molar-refractivity contribution in [1.82, 2.24) is 9.88 Å². The van der Waals surface area contributed by atoms with Gasteiger partial charge in [-0.2, -0.15) is 0 Å². The molecule has 7 heteroatoms. The summed E-state index contributed by atoms with van der Waals surface area (Å²) in [5.41, 5.74) is 3.78. The molecule has 0 aliphatic heterocycles. The number of fused-ring (bicyclic) bond motifs is 3. The Balaban J connectivity index is 0.00000107. The lowest BCUT2D eigenvalue weighted by molar-refractivity contribution is -0.122. The zero-order chi connectivity index (χ0) is 22.8. The second kappa shape index (κ2) is 12.3. The summed E-state index contributed by atoms with van der Waals surface area (Å²) in [6.45, 7) is 12.4. The van der Waals surface area contributed by atoms with Crippen LogP contribution in [0, 0.1) is 0 Å². The van der Waals surface area contributed by atoms with Gasteiger partial charge in [0.2, 0.25) is 0 Å². The Morgan fingerprint density at radius 3 is 2.48 bits per heavy atom. The normalized spacial score (nSPS) is 12.5. The molecule has 0 atom stereocenters. The largest absolute Gasteiger partial charge is 0.493 e. The molecule has 0 unspecified atom stereocenters. The number of nitrogens with one attached hydrogen (secondary N) is 1. The summed E-state index contributed by atoms with van der Waals surface area (Å²) in [5.74, 6) is 2.62. The van der Waals surface area contributed by atoms with Gasteiger partial charge in [-0.25, -0.2) is 4.98 Å². The number of hydrogen-bond donors (Lipinski definition) is 2. The van der Waals surface area contributed by atoms with Crippen molar-refractivity contribution in [1.29, 1.82) is 0 Å². The predicted octanol–water partition coefficient (Wildman–Crippen LogP) is 4.36. The van der Waals surface area contributed by atoms with Crippen LogP contribution in [0.15, 0.2) is 12.1 Å². The van der Waals surface area contributed by atoms with Crippen LogP contribution in [0.5, 0.6) is 11.5 Å². The molecule has 0 fully saturated rings. The first-order chi connectivity index (χ1) is 15.0. The molecule has 1 aliphatic rings. The Labute approximate surface area is 185 Å². The van der Waals surface area contributed by atoms with E-state index in [0.29, 0.717) is 12.6 Å². The number of carboxylic acid groups (broad SMARTS) is 1. The van der Waals surface area contributed by atoms with E-state index in [2.05, 4.69) is 50.0 Å². The van der Waals surface area contributed by atoms with Gasteiger partial charge in [0.1, 0.15) is 5.82 Å². The van der Waals surface area contributed by atoms with E-state index in [0.717, 1.165) is 61.7 Å². The summed E-state index contributed by atoms with van der Waals surface area (Å²) in [5, 5.41) is 11.6. The minimum absolute atomic E-state index is 0.250. The summed E-state index contributed by atoms with van der Waals surface area (Å²) in [7, 11) is 1.71. The molecule has 0 saturated heterocycles. The first-order valence-corrected chi connectivity index (χ1v) is 11.2. The number of rotatable bonds is 10. The first kappa shape index (κ1) is 24.7. The van der Waals surface area contributed by atoms with Gasteiger partial charge in [-0.05, 0) is 69.8 Å². The molecule has 1 aliphatic carbocycles. The van der Waals surface area contributed by atoms with Gasteiger partial charge in [0, 0.05) is 24.0 Å². The van der Waals surface area contributed by atoms with Crippen LogP contribution in [0.1, 0.15) is 51.7 Å². The Hall–Kier alpha value is -2.54. The molecule has 1 aromatic heterocycles. The van der Waals surface area contributed by atoms with Crippen LogP contribution in [-0.4, -0.2) is 60.9 Å². The molecule has 7 nitrogen and oxygen atoms in total. The third kappa shape index (κ3) is 6.47. The lowest BCUT2D eigenvalue weighted by Crippen LogP contribution is -2.25. The van der Waals surface area contributed by atoms with Crippen LogP contribution >= 0.6 is 0 Å². The Bertz CT molecular complexity index is 851. The molecule has 2 aromatic rings. The van der Waals surface area contributed by atoms with Gasteiger partial charge < -0.3 is 24.8 Å². The molecule has 0 spiro atoms. The number of pyridine rings is 1. The van der Waals surface area contributed by atoms with Crippen molar-refractivity contribution in [2.45, 2.75) is 59.4 Å². The van der Waals surface area contributed by atoms with Crippen molar-refractivity contribution in [3.05, 3.63) is 23.3 Å². The van der Waals surface area contributed by atoms with Crippen LogP contribution in [0.25, 0.3) is 10.9 Å². The minimum Gasteiger partial charge on any atom is -0.493 e. The van der Waals surface area contributed by atoms with Gasteiger partial charge in [0.05, 0.1) is 19.2 Å². The second-order valence-corrected chi connectivity index (χ2v) is 7.92. The zero-order valence-corrected chi connectivity index (χ0v) is 19.5. The Morgan fingerprint density at radius 1 is 1.19 bits per heavy atom. The van der Waals surface area contributed by atoms with Gasteiger partial charge in [-0.15, -0.1) is 0 Å². The number of benzene rings is 1. The third-order valence-corrected chi connectivity index (χ3v) is 5.54. The summed E-state index contributed by atoms with van der Waals surface area (Å²) < 4.78 is 11.8. The van der Waals surface area contributed by atoms with Crippen molar-refractivity contribution < 1.29 is 19.4 Å². The van der Waals surface area contributed by atoms with Gasteiger partial charge in [-0.3, -0.25) is 4.79 Å². The smallest absolute Gasteiger partial charge is 0.290 e. The average molecular weight is 432 g/mol. The molecule has 2 N–H and O–H groups in total. The molecule has 172 valence electrons. The van der Waals surface area contributed by atoms with E-state index in [4.69, 9.17) is 24.4 Å². The lowest BCUT2D eigenvalue weighted by Gasteiger charge is -2.19. The Morgan fingerprint density at radius 2 is 1.87 bits per heavy atom. The van der Waals surface area contributed by atoms with Crippen molar-refractivity contribution in [3.63, 3.8) is 0 Å². The van der Waals surface area contributed by atoms with E-state index in [-0.39, 0.29) is 6.47 Å². The number of hydrogen-bond acceptors (Lipinski definition) is 6. The molecule has 1 heterocycles. The van der Waals surface area contributed by atoms with E-state index in [1.807, 2.05) is 0 Å². The highest BCUT2D eigenvalue weighted by atomic mass is 16.5. The highest BCUT2D eigenvalue weighted by molar-refractivity contribution is 5.89. The van der Waals surface area contributed by atoms with Crippen LogP contribution in [0.3, 0.4) is 0 Å². The fourth-order valence-corrected chi connectivity index (χ4v) is 4.05. The molecular formula is C24H37N3O4. The number of nitrogens with zero attached hydrogens (tertiary/aromatic N) is 2. The van der Waals surface area contributed by atoms with Crippen molar-refractivity contribution in [2.75, 3.05) is 38.7 Å². The molecule has 3 rings (SSSR count). The van der Waals surface area contributed by atoms with E-state index in [1.165, 1.54) is 22.9 Å². The fourth-order valence-electron chi connectivity index (χ4n) is 4.05. The summed E-state index contributed by atoms with van der Waals surface area (Å²) in [6, 6.07) is 4.53. The third-order valence-electron chi connectivity index (χ3n) is 5.54. The van der Waals surface area contributed by atoms with Gasteiger partial charge in [0.25, 0.3) is 6.47 Å². The van der Waals surface area contributed by atoms with E-state index < -0.39 is 0 Å². The monoisotopic (exact) mass is 431 g/mol. The van der Waals surface area contributed by atoms with Gasteiger partial charge >= 0.3 is 0 Å². The maximum absolute atomic E-state index is 8.36. The number of methoxy groups -OCH3 is 1. The van der Waals surface area contributed by atoms with E-state index in [9.17, 15) is 0 Å². The molecule has 0 amide bonds. The topological polar surface area (TPSA) is 83.9 Å². The number of aromatic nitrogens is 1. The standard InChI is InChI=1S/C23H35N3O2.CH2O2/c1-6-26(7-2)12-9-13-28-22-15-20-19(14-21(22)27-5)17-10-8-11-18(17)23(25-20)24-16(3)4;2-1-3/h14-16H,6-13H2,1-5H3,(H,24,25);1H,(H,2,3). The number of anilines is 1. The maximum atomic E-state index is 8.36. The molecule has 31 heavy (non-hydrogen) atoms. The van der Waals surface area contributed by atoms with Gasteiger partial charge in [-0.1, -0.05) is 13.8 Å². The lowest BCUT2D eigenvalue weighted by atomic mass is 10.0. The summed E-state index contributed by atoms with van der Waals surface area (Å²) >= 11 is 0. The number of aryl methyl sites for hydroxylation is 1. The summed E-state index contributed by atoms with van der Waals surface area (Å²) in [4.78, 5) is 15.7. The van der Waals surface area contributed by atoms with E-state index >= 15 is 0 Å². The SMILES string of the molecule is CCN(CC)CCCOc1cc2nc(NC(C)C)c3c(c2cc1OC)CCC3.O=CO. The number of ether oxygens (including phenoxy) is 2. The predicted molar refractivity (Wildman–Crippen MR) is 126 cm³/mol. The summed E-state index contributed by atoms with van der Waals surface area (Å²) in [6.07, 6.45) is 4.39. The fraction of sp³-hybridized carbons (Fsp3) is 0.583. The zero-order valence-electron chi connectivity index (χ0n) is 19.5. The molecule has 0 bridgehead atoms. The average Bonchev–Trinajstić information content (AvgIpc) is 3.24. The molecule has 0 radical (unpaired) electrons. The van der Waals surface area contributed by atoms with Crippen LogP contribution < -0.4 is 14.8 Å². The Kier molecular flexibility index (Phi) is 9.85. The molecular weight excluding hydrogens is 394 g/mol. The number of carbonyl (C=O) groups is 1. The first-order valence-electron chi connectivity index (χ1n) is 11.2. The minimum atomic E-state index is -0.250. The maximum Gasteiger partial charge on any atom is 0.290 e. The highest BCUT2D eigenvalue weighted by Crippen LogP contribution is 2.39. The molecule has 1 aromatic carbocycles. The van der Waals surface area contributed by atoms with Crippen LogP contribution in [-0.2, 0) is 17.6 Å².